The second-order valence-corrected chi connectivity index (χ2v) is 6.22. The van der Waals surface area contributed by atoms with E-state index < -0.39 is 0 Å². The first-order valence-corrected chi connectivity index (χ1v) is 7.62. The molecular weight excluding hydrogens is 344 g/mol. The fourth-order valence-electron chi connectivity index (χ4n) is 3.32. The van der Waals surface area contributed by atoms with Gasteiger partial charge in [-0.25, -0.2) is 4.39 Å². The van der Waals surface area contributed by atoms with Crippen LogP contribution in [0.2, 0.25) is 0 Å². The van der Waals surface area contributed by atoms with Gasteiger partial charge in [0.1, 0.15) is 0 Å². The fraction of sp³-hybridized carbons (Fsp3) is 0.647. The second-order valence-electron chi connectivity index (χ2n) is 6.22. The molecule has 1 aromatic rings. The van der Waals surface area contributed by atoms with Gasteiger partial charge in [0.25, 0.3) is 0 Å². The van der Waals surface area contributed by atoms with Gasteiger partial charge in [0.2, 0.25) is 0 Å². The van der Waals surface area contributed by atoms with Crippen LogP contribution >= 0.6 is 0 Å². The Balaban J connectivity index is 0.00000161. The molecule has 113 valence electrons. The number of benzene rings is 1. The zero-order chi connectivity index (χ0) is 13.9. The van der Waals surface area contributed by atoms with Crippen molar-refractivity contribution in [3.63, 3.8) is 0 Å². The van der Waals surface area contributed by atoms with Gasteiger partial charge < -0.3 is 9.47 Å². The summed E-state index contributed by atoms with van der Waals surface area (Å²) in [6.45, 7) is 3.77. The van der Waals surface area contributed by atoms with Crippen molar-refractivity contribution in [2.75, 3.05) is 13.2 Å². The van der Waals surface area contributed by atoms with Gasteiger partial charge in [-0.2, -0.15) is 17.7 Å². The Morgan fingerprint density at radius 1 is 1.14 bits per heavy atom. The average molecular weight is 366 g/mol. The first kappa shape index (κ1) is 17.5. The Hall–Kier alpha value is 0.174. The molecule has 0 spiro atoms. The number of halogens is 1. The zero-order valence-electron chi connectivity index (χ0n) is 12.6. The summed E-state index contributed by atoms with van der Waals surface area (Å²) in [5, 5.41) is 0. The van der Waals surface area contributed by atoms with Crippen LogP contribution < -0.4 is 0 Å². The quantitative estimate of drug-likeness (QED) is 0.739. The molecule has 3 rings (SSSR count). The van der Waals surface area contributed by atoms with Crippen molar-refractivity contribution in [2.24, 2.45) is 11.8 Å². The van der Waals surface area contributed by atoms with E-state index >= 15 is 0 Å². The molecule has 21 heavy (non-hydrogen) atoms. The van der Waals surface area contributed by atoms with Crippen molar-refractivity contribution in [1.82, 2.24) is 0 Å². The summed E-state index contributed by atoms with van der Waals surface area (Å²) in [7, 11) is 0. The molecule has 1 aliphatic carbocycles. The van der Waals surface area contributed by atoms with Crippen LogP contribution in [0.4, 0.5) is 4.39 Å². The molecule has 1 saturated carbocycles. The van der Waals surface area contributed by atoms with Crippen LogP contribution in [0.1, 0.15) is 44.1 Å². The van der Waals surface area contributed by atoms with Gasteiger partial charge >= 0.3 is 0 Å². The molecule has 1 saturated heterocycles. The van der Waals surface area contributed by atoms with Gasteiger partial charge in [-0.15, -0.1) is 12.1 Å². The molecule has 0 bridgehead atoms. The number of ether oxygens (including phenoxy) is 2. The van der Waals surface area contributed by atoms with Crippen LogP contribution in [0.25, 0.3) is 0 Å². The van der Waals surface area contributed by atoms with Crippen molar-refractivity contribution >= 4 is 0 Å². The van der Waals surface area contributed by atoms with E-state index in [0.29, 0.717) is 17.8 Å². The van der Waals surface area contributed by atoms with Crippen molar-refractivity contribution in [1.29, 1.82) is 0 Å². The van der Waals surface area contributed by atoms with Gasteiger partial charge in [0.05, 0.1) is 13.2 Å². The van der Waals surface area contributed by atoms with Crippen molar-refractivity contribution in [2.45, 2.75) is 44.8 Å². The van der Waals surface area contributed by atoms with Crippen molar-refractivity contribution in [3.05, 3.63) is 35.6 Å². The maximum atomic E-state index is 13.2. The van der Waals surface area contributed by atoms with E-state index in [2.05, 4.69) is 13.0 Å². The molecular formula is C17H22FO2Y-. The smallest absolute Gasteiger partial charge is 0.160 e. The largest absolute Gasteiger partial charge is 0.352 e. The van der Waals surface area contributed by atoms with Crippen LogP contribution in [0.15, 0.2) is 18.2 Å². The monoisotopic (exact) mass is 366 g/mol. The van der Waals surface area contributed by atoms with Crippen LogP contribution in [-0.2, 0) is 42.2 Å². The molecule has 1 aromatic carbocycles. The minimum absolute atomic E-state index is 0. The zero-order valence-corrected chi connectivity index (χ0v) is 15.4. The van der Waals surface area contributed by atoms with Crippen LogP contribution in [-0.4, -0.2) is 19.5 Å². The summed E-state index contributed by atoms with van der Waals surface area (Å²) >= 11 is 0. The van der Waals surface area contributed by atoms with Crippen molar-refractivity contribution < 1.29 is 46.6 Å². The first-order valence-electron chi connectivity index (χ1n) is 7.62. The minimum Gasteiger partial charge on any atom is -0.352 e. The van der Waals surface area contributed by atoms with E-state index in [1.807, 2.05) is 6.07 Å². The third kappa shape index (κ3) is 4.57. The maximum Gasteiger partial charge on any atom is 0.160 e. The summed E-state index contributed by atoms with van der Waals surface area (Å²) in [5.74, 6) is 1.22. The Morgan fingerprint density at radius 3 is 2.43 bits per heavy atom. The van der Waals surface area contributed by atoms with E-state index in [0.717, 1.165) is 44.5 Å². The molecule has 2 fully saturated rings. The number of rotatable bonds is 2. The molecule has 2 aliphatic rings. The van der Waals surface area contributed by atoms with Crippen LogP contribution in [0.3, 0.4) is 0 Å². The normalized spacial score (nSPS) is 33.2. The standard InChI is InChI=1S/C17H22FO2.Y/c1-12-10-19-17(20-11-12)14-7-5-13(6-8-14)15-3-2-4-16(18)9-15;/h2-3,9,12-14,17H,5-8,10-11H2,1H3;/q-1;. The second kappa shape index (κ2) is 8.15. The molecule has 0 N–H and O–H groups in total. The summed E-state index contributed by atoms with van der Waals surface area (Å²) in [6.07, 6.45) is 4.36. The summed E-state index contributed by atoms with van der Waals surface area (Å²) < 4.78 is 24.8. The van der Waals surface area contributed by atoms with Gasteiger partial charge in [-0.05, 0) is 31.6 Å². The van der Waals surface area contributed by atoms with E-state index in [9.17, 15) is 4.39 Å². The molecule has 1 heterocycles. The summed E-state index contributed by atoms with van der Waals surface area (Å²) in [6, 6.07) is 7.87. The van der Waals surface area contributed by atoms with E-state index in [1.54, 1.807) is 12.1 Å². The molecule has 1 aliphatic heterocycles. The van der Waals surface area contributed by atoms with Crippen LogP contribution in [0.5, 0.6) is 0 Å². The third-order valence-electron chi connectivity index (χ3n) is 4.51. The molecule has 0 amide bonds. The molecule has 1 radical (unpaired) electrons. The van der Waals surface area contributed by atoms with E-state index in [-0.39, 0.29) is 44.8 Å². The fourth-order valence-corrected chi connectivity index (χ4v) is 3.32. The topological polar surface area (TPSA) is 18.5 Å². The van der Waals surface area contributed by atoms with Crippen molar-refractivity contribution in [3.8, 4) is 0 Å². The van der Waals surface area contributed by atoms with Crippen LogP contribution in [0, 0.1) is 23.7 Å². The third-order valence-corrected chi connectivity index (χ3v) is 4.51. The number of hydrogen-bond acceptors (Lipinski definition) is 2. The Kier molecular flexibility index (Phi) is 6.80. The molecule has 0 unspecified atom stereocenters. The molecule has 0 aromatic heterocycles. The molecule has 4 heteroatoms. The number of hydrogen-bond donors (Lipinski definition) is 0. The summed E-state index contributed by atoms with van der Waals surface area (Å²) in [4.78, 5) is 0. The van der Waals surface area contributed by atoms with Gasteiger partial charge in [0.15, 0.2) is 6.29 Å². The predicted molar refractivity (Wildman–Crippen MR) is 74.8 cm³/mol. The van der Waals surface area contributed by atoms with E-state index in [1.165, 1.54) is 0 Å². The van der Waals surface area contributed by atoms with E-state index in [4.69, 9.17) is 9.47 Å². The first-order chi connectivity index (χ1) is 9.72. The maximum absolute atomic E-state index is 13.2. The predicted octanol–water partition coefficient (Wildman–Crippen LogP) is 3.91. The Bertz CT molecular complexity index is 438. The molecule has 2 nitrogen and oxygen atoms in total. The Morgan fingerprint density at radius 2 is 1.81 bits per heavy atom. The van der Waals surface area contributed by atoms with Gasteiger partial charge in [0, 0.05) is 50.4 Å². The summed E-state index contributed by atoms with van der Waals surface area (Å²) in [5.41, 5.74) is 1.11. The molecule has 0 atom stereocenters. The Labute approximate surface area is 151 Å². The van der Waals surface area contributed by atoms with Gasteiger partial charge in [-0.1, -0.05) is 6.92 Å². The van der Waals surface area contributed by atoms with Gasteiger partial charge in [-0.3, -0.25) is 0 Å². The minimum atomic E-state index is -0.252. The SMILES string of the molecule is CC1COC(C2CCC(c3cc[c-]c(F)c3)CC2)OC1.[Y]. The average Bonchev–Trinajstić information content (AvgIpc) is 2.48.